The summed E-state index contributed by atoms with van der Waals surface area (Å²) in [5.41, 5.74) is 3.31. The molecule has 0 radical (unpaired) electrons. The SMILES string of the molecule is CC(C)c1nn(C)cc1CNc1ccccc1Cl. The van der Waals surface area contributed by atoms with Crippen molar-refractivity contribution in [2.45, 2.75) is 26.3 Å². The summed E-state index contributed by atoms with van der Waals surface area (Å²) < 4.78 is 1.86. The lowest BCUT2D eigenvalue weighted by Crippen LogP contribution is -2.02. The Hall–Kier alpha value is -1.48. The third kappa shape index (κ3) is 2.85. The van der Waals surface area contributed by atoms with Crippen LogP contribution in [0.2, 0.25) is 5.02 Å². The van der Waals surface area contributed by atoms with Gasteiger partial charge in [0.1, 0.15) is 0 Å². The molecule has 0 bridgehead atoms. The summed E-state index contributed by atoms with van der Waals surface area (Å²) in [5, 5.41) is 8.58. The molecule has 0 aliphatic carbocycles. The van der Waals surface area contributed by atoms with Gasteiger partial charge in [0, 0.05) is 25.4 Å². The molecule has 2 rings (SSSR count). The van der Waals surface area contributed by atoms with Gasteiger partial charge in [-0.3, -0.25) is 4.68 Å². The van der Waals surface area contributed by atoms with E-state index in [0.717, 1.165) is 22.9 Å². The predicted octanol–water partition coefficient (Wildman–Crippen LogP) is 3.81. The Labute approximate surface area is 113 Å². The summed E-state index contributed by atoms with van der Waals surface area (Å²) in [5.74, 6) is 0.425. The Balaban J connectivity index is 2.13. The molecule has 1 aromatic carbocycles. The van der Waals surface area contributed by atoms with Crippen LogP contribution in [0.4, 0.5) is 5.69 Å². The zero-order chi connectivity index (χ0) is 13.1. The molecule has 96 valence electrons. The van der Waals surface area contributed by atoms with E-state index >= 15 is 0 Å². The molecule has 3 nitrogen and oxygen atoms in total. The smallest absolute Gasteiger partial charge is 0.0699 e. The van der Waals surface area contributed by atoms with Crippen molar-refractivity contribution in [2.24, 2.45) is 7.05 Å². The van der Waals surface area contributed by atoms with Crippen molar-refractivity contribution in [2.75, 3.05) is 5.32 Å². The molecular formula is C14H18ClN3. The average molecular weight is 264 g/mol. The fraction of sp³-hybridized carbons (Fsp3) is 0.357. The Bertz CT molecular complexity index is 532. The number of nitrogens with one attached hydrogen (secondary N) is 1. The van der Waals surface area contributed by atoms with Crippen LogP contribution in [0.3, 0.4) is 0 Å². The number of rotatable bonds is 4. The van der Waals surface area contributed by atoms with Gasteiger partial charge in [-0.25, -0.2) is 0 Å². The van der Waals surface area contributed by atoms with E-state index in [0.29, 0.717) is 5.92 Å². The van der Waals surface area contributed by atoms with Gasteiger partial charge in [0.15, 0.2) is 0 Å². The van der Waals surface area contributed by atoms with Crippen LogP contribution in [-0.4, -0.2) is 9.78 Å². The van der Waals surface area contributed by atoms with E-state index in [1.54, 1.807) is 0 Å². The van der Waals surface area contributed by atoms with Crippen molar-refractivity contribution in [3.63, 3.8) is 0 Å². The van der Waals surface area contributed by atoms with Crippen LogP contribution in [-0.2, 0) is 13.6 Å². The lowest BCUT2D eigenvalue weighted by atomic mass is 10.1. The molecule has 0 unspecified atom stereocenters. The lowest BCUT2D eigenvalue weighted by Gasteiger charge is -2.09. The van der Waals surface area contributed by atoms with Crippen molar-refractivity contribution >= 4 is 17.3 Å². The Morgan fingerprint density at radius 3 is 2.72 bits per heavy atom. The first-order chi connectivity index (χ1) is 8.58. The minimum atomic E-state index is 0.425. The van der Waals surface area contributed by atoms with Gasteiger partial charge in [0.25, 0.3) is 0 Å². The highest BCUT2D eigenvalue weighted by atomic mass is 35.5. The monoisotopic (exact) mass is 263 g/mol. The first-order valence-corrected chi connectivity index (χ1v) is 6.46. The van der Waals surface area contributed by atoms with Crippen molar-refractivity contribution in [3.8, 4) is 0 Å². The fourth-order valence-corrected chi connectivity index (χ4v) is 2.17. The first-order valence-electron chi connectivity index (χ1n) is 6.08. The van der Waals surface area contributed by atoms with E-state index in [1.165, 1.54) is 5.56 Å². The van der Waals surface area contributed by atoms with Crippen molar-refractivity contribution < 1.29 is 0 Å². The van der Waals surface area contributed by atoms with E-state index in [2.05, 4.69) is 30.5 Å². The van der Waals surface area contributed by atoms with Crippen LogP contribution in [0.5, 0.6) is 0 Å². The molecule has 0 spiro atoms. The number of hydrogen-bond acceptors (Lipinski definition) is 2. The summed E-state index contributed by atoms with van der Waals surface area (Å²) in [6.45, 7) is 5.05. The lowest BCUT2D eigenvalue weighted by molar-refractivity contribution is 0.712. The number of nitrogens with zero attached hydrogens (tertiary/aromatic N) is 2. The molecule has 0 amide bonds. The minimum Gasteiger partial charge on any atom is -0.380 e. The summed E-state index contributed by atoms with van der Waals surface area (Å²) in [6, 6.07) is 7.77. The van der Waals surface area contributed by atoms with Gasteiger partial charge >= 0.3 is 0 Å². The molecule has 0 atom stereocenters. The number of hydrogen-bond donors (Lipinski definition) is 1. The van der Waals surface area contributed by atoms with Crippen LogP contribution >= 0.6 is 11.6 Å². The average Bonchev–Trinajstić information content (AvgIpc) is 2.70. The summed E-state index contributed by atoms with van der Waals surface area (Å²) >= 11 is 6.11. The second kappa shape index (κ2) is 5.44. The topological polar surface area (TPSA) is 29.9 Å². The first kappa shape index (κ1) is 13.0. The Morgan fingerprint density at radius 1 is 1.33 bits per heavy atom. The Morgan fingerprint density at radius 2 is 2.06 bits per heavy atom. The summed E-state index contributed by atoms with van der Waals surface area (Å²) in [4.78, 5) is 0. The van der Waals surface area contributed by atoms with Crippen LogP contribution in [0.15, 0.2) is 30.5 Å². The van der Waals surface area contributed by atoms with Gasteiger partial charge in [-0.15, -0.1) is 0 Å². The molecule has 0 saturated heterocycles. The zero-order valence-corrected chi connectivity index (χ0v) is 11.7. The third-order valence-electron chi connectivity index (χ3n) is 2.83. The van der Waals surface area contributed by atoms with Crippen molar-refractivity contribution in [1.82, 2.24) is 9.78 Å². The van der Waals surface area contributed by atoms with E-state index in [1.807, 2.05) is 36.0 Å². The second-order valence-corrected chi connectivity index (χ2v) is 5.11. The number of benzene rings is 1. The van der Waals surface area contributed by atoms with E-state index in [-0.39, 0.29) is 0 Å². The van der Waals surface area contributed by atoms with Crippen LogP contribution < -0.4 is 5.32 Å². The zero-order valence-electron chi connectivity index (χ0n) is 10.9. The highest BCUT2D eigenvalue weighted by Gasteiger charge is 2.11. The van der Waals surface area contributed by atoms with Gasteiger partial charge in [-0.2, -0.15) is 5.10 Å². The number of halogens is 1. The Kier molecular flexibility index (Phi) is 3.92. The van der Waals surface area contributed by atoms with Gasteiger partial charge in [-0.05, 0) is 18.1 Å². The van der Waals surface area contributed by atoms with Gasteiger partial charge < -0.3 is 5.32 Å². The normalized spacial score (nSPS) is 10.9. The number of aromatic nitrogens is 2. The molecule has 0 saturated carbocycles. The van der Waals surface area contributed by atoms with Gasteiger partial charge in [-0.1, -0.05) is 37.6 Å². The highest BCUT2D eigenvalue weighted by molar-refractivity contribution is 6.33. The molecule has 1 heterocycles. The standard InChI is InChI=1S/C14H18ClN3/c1-10(2)14-11(9-18(3)17-14)8-16-13-7-5-4-6-12(13)15/h4-7,9-10,16H,8H2,1-3H3. The largest absolute Gasteiger partial charge is 0.380 e. The maximum atomic E-state index is 6.11. The molecule has 2 aromatic rings. The molecule has 0 aliphatic rings. The molecule has 0 aliphatic heterocycles. The van der Waals surface area contributed by atoms with E-state index < -0.39 is 0 Å². The minimum absolute atomic E-state index is 0.425. The summed E-state index contributed by atoms with van der Waals surface area (Å²) in [7, 11) is 1.95. The van der Waals surface area contributed by atoms with Crippen LogP contribution in [0.1, 0.15) is 31.0 Å². The number of para-hydroxylation sites is 1. The van der Waals surface area contributed by atoms with E-state index in [9.17, 15) is 0 Å². The second-order valence-electron chi connectivity index (χ2n) is 4.70. The molecule has 0 fully saturated rings. The van der Waals surface area contributed by atoms with Crippen LogP contribution in [0, 0.1) is 0 Å². The van der Waals surface area contributed by atoms with Gasteiger partial charge in [0.05, 0.1) is 16.4 Å². The number of anilines is 1. The third-order valence-corrected chi connectivity index (χ3v) is 3.16. The van der Waals surface area contributed by atoms with Crippen molar-refractivity contribution in [3.05, 3.63) is 46.7 Å². The van der Waals surface area contributed by atoms with Crippen LogP contribution in [0.25, 0.3) is 0 Å². The predicted molar refractivity (Wildman–Crippen MR) is 76.1 cm³/mol. The highest BCUT2D eigenvalue weighted by Crippen LogP contribution is 2.23. The molecule has 4 heteroatoms. The fourth-order valence-electron chi connectivity index (χ4n) is 1.97. The number of aryl methyl sites for hydroxylation is 1. The van der Waals surface area contributed by atoms with Crippen molar-refractivity contribution in [1.29, 1.82) is 0 Å². The maximum Gasteiger partial charge on any atom is 0.0699 e. The quantitative estimate of drug-likeness (QED) is 0.909. The van der Waals surface area contributed by atoms with Gasteiger partial charge in [0.2, 0.25) is 0 Å². The maximum absolute atomic E-state index is 6.11. The molecule has 1 N–H and O–H groups in total. The molecular weight excluding hydrogens is 246 g/mol. The molecule has 18 heavy (non-hydrogen) atoms. The van der Waals surface area contributed by atoms with E-state index in [4.69, 9.17) is 11.6 Å². The molecule has 1 aromatic heterocycles. The summed E-state index contributed by atoms with van der Waals surface area (Å²) in [6.07, 6.45) is 2.05.